The number of nitrogens with zero attached hydrogens (tertiary/aromatic N) is 2. The third-order valence-corrected chi connectivity index (χ3v) is 3.52. The van der Waals surface area contributed by atoms with Crippen molar-refractivity contribution < 1.29 is 13.9 Å². The van der Waals surface area contributed by atoms with E-state index in [2.05, 4.69) is 5.10 Å². The quantitative estimate of drug-likeness (QED) is 0.921. The molecule has 1 aromatic heterocycles. The summed E-state index contributed by atoms with van der Waals surface area (Å²) in [5.41, 5.74) is 0.787. The Balaban J connectivity index is 2.56. The Kier molecular flexibility index (Phi) is 3.60. The minimum absolute atomic E-state index is 0.152. The molecule has 2 rings (SSSR count). The average Bonchev–Trinajstić information content (AvgIpc) is 2.60. The Hall–Kier alpha value is -1.46. The predicted octanol–water partition coefficient (Wildman–Crippen LogP) is 3.05. The zero-order valence-electron chi connectivity index (χ0n) is 10.7. The van der Waals surface area contributed by atoms with Gasteiger partial charge >= 0.3 is 0 Å². The number of aliphatic hydroxyl groups is 1. The van der Waals surface area contributed by atoms with Gasteiger partial charge in [0.15, 0.2) is 11.6 Å². The van der Waals surface area contributed by atoms with E-state index in [1.54, 1.807) is 14.0 Å². The molecule has 3 nitrogen and oxygen atoms in total. The van der Waals surface area contributed by atoms with Gasteiger partial charge in [-0.1, -0.05) is 23.7 Å². The van der Waals surface area contributed by atoms with Gasteiger partial charge in [-0.2, -0.15) is 5.10 Å². The van der Waals surface area contributed by atoms with E-state index < -0.39 is 17.7 Å². The van der Waals surface area contributed by atoms with Crippen molar-refractivity contribution in [3.8, 4) is 0 Å². The number of hydrogen-bond donors (Lipinski definition) is 1. The highest BCUT2D eigenvalue weighted by Crippen LogP contribution is 2.32. The summed E-state index contributed by atoms with van der Waals surface area (Å²) in [6, 6.07) is 2.76. The van der Waals surface area contributed by atoms with Crippen LogP contribution in [0.15, 0.2) is 12.1 Å². The van der Waals surface area contributed by atoms with Crippen LogP contribution in [0.5, 0.6) is 0 Å². The van der Waals surface area contributed by atoms with Crippen molar-refractivity contribution in [2.45, 2.75) is 20.0 Å². The first-order valence-electron chi connectivity index (χ1n) is 5.66. The van der Waals surface area contributed by atoms with Gasteiger partial charge in [-0.05, 0) is 19.4 Å². The Morgan fingerprint density at radius 1 is 1.26 bits per heavy atom. The van der Waals surface area contributed by atoms with E-state index in [4.69, 9.17) is 11.6 Å². The standard InChI is InChI=1S/C13H13ClF2N2O/c1-6-4-5-8(11(16)10(6)15)12(19)9-7(2)17-18(3)13(9)14/h4-5,12,19H,1-3H3. The maximum atomic E-state index is 13.9. The van der Waals surface area contributed by atoms with Crippen LogP contribution in [0.25, 0.3) is 0 Å². The molecule has 0 fully saturated rings. The third kappa shape index (κ3) is 2.24. The SMILES string of the molecule is Cc1ccc(C(O)c2c(C)nn(C)c2Cl)c(F)c1F. The summed E-state index contributed by atoms with van der Waals surface area (Å²) >= 11 is 6.01. The van der Waals surface area contributed by atoms with Crippen LogP contribution >= 0.6 is 11.6 Å². The maximum Gasteiger partial charge on any atom is 0.165 e. The molecule has 2 aromatic rings. The largest absolute Gasteiger partial charge is 0.383 e. The van der Waals surface area contributed by atoms with Gasteiger partial charge in [0, 0.05) is 18.2 Å². The molecule has 0 aliphatic rings. The summed E-state index contributed by atoms with van der Waals surface area (Å²) in [5.74, 6) is -2.03. The lowest BCUT2D eigenvalue weighted by Crippen LogP contribution is -2.06. The first-order valence-corrected chi connectivity index (χ1v) is 6.04. The topological polar surface area (TPSA) is 38.1 Å². The molecule has 102 valence electrons. The summed E-state index contributed by atoms with van der Waals surface area (Å²) in [6.45, 7) is 3.10. The molecule has 6 heteroatoms. The second-order valence-corrected chi connectivity index (χ2v) is 4.77. The third-order valence-electron chi connectivity index (χ3n) is 3.07. The molecule has 0 aliphatic heterocycles. The number of hydrogen-bond acceptors (Lipinski definition) is 2. The normalized spacial score (nSPS) is 12.8. The van der Waals surface area contributed by atoms with Crippen LogP contribution in [-0.4, -0.2) is 14.9 Å². The highest BCUT2D eigenvalue weighted by molar-refractivity contribution is 6.30. The van der Waals surface area contributed by atoms with Gasteiger partial charge in [0.05, 0.1) is 5.69 Å². The monoisotopic (exact) mass is 286 g/mol. The van der Waals surface area contributed by atoms with E-state index in [1.165, 1.54) is 23.7 Å². The van der Waals surface area contributed by atoms with Crippen LogP contribution in [0.4, 0.5) is 8.78 Å². The molecule has 1 atom stereocenters. The second-order valence-electron chi connectivity index (χ2n) is 4.42. The number of rotatable bonds is 2. The molecule has 19 heavy (non-hydrogen) atoms. The van der Waals surface area contributed by atoms with E-state index in [1.807, 2.05) is 0 Å². The van der Waals surface area contributed by atoms with Gasteiger partial charge in [0.2, 0.25) is 0 Å². The summed E-state index contributed by atoms with van der Waals surface area (Å²) in [7, 11) is 1.61. The highest BCUT2D eigenvalue weighted by atomic mass is 35.5. The Morgan fingerprint density at radius 3 is 2.42 bits per heavy atom. The Morgan fingerprint density at radius 2 is 1.89 bits per heavy atom. The molecule has 0 amide bonds. The van der Waals surface area contributed by atoms with Crippen LogP contribution in [-0.2, 0) is 7.05 Å². The smallest absolute Gasteiger partial charge is 0.165 e. The molecular formula is C13H13ClF2N2O. The lowest BCUT2D eigenvalue weighted by atomic mass is 10.00. The second kappa shape index (κ2) is 4.90. The summed E-state index contributed by atoms with van der Waals surface area (Å²) in [4.78, 5) is 0. The Bertz CT molecular complexity index is 640. The van der Waals surface area contributed by atoms with Crippen molar-refractivity contribution in [3.05, 3.63) is 51.3 Å². The molecule has 0 saturated heterocycles. The van der Waals surface area contributed by atoms with Gasteiger partial charge in [-0.15, -0.1) is 0 Å². The fourth-order valence-electron chi connectivity index (χ4n) is 1.98. The molecular weight excluding hydrogens is 274 g/mol. The van der Waals surface area contributed by atoms with Crippen LogP contribution in [0.2, 0.25) is 5.15 Å². The zero-order valence-corrected chi connectivity index (χ0v) is 11.5. The van der Waals surface area contributed by atoms with E-state index in [9.17, 15) is 13.9 Å². The number of aryl methyl sites for hydroxylation is 3. The molecule has 0 bridgehead atoms. The molecule has 0 spiro atoms. The fraction of sp³-hybridized carbons (Fsp3) is 0.308. The van der Waals surface area contributed by atoms with E-state index >= 15 is 0 Å². The van der Waals surface area contributed by atoms with E-state index in [-0.39, 0.29) is 21.8 Å². The molecule has 0 radical (unpaired) electrons. The van der Waals surface area contributed by atoms with Gasteiger partial charge in [-0.25, -0.2) is 8.78 Å². The van der Waals surface area contributed by atoms with Crippen LogP contribution < -0.4 is 0 Å². The van der Waals surface area contributed by atoms with Gasteiger partial charge in [-0.3, -0.25) is 4.68 Å². The number of aromatic nitrogens is 2. The summed E-state index contributed by atoms with van der Waals surface area (Å²) in [5, 5.41) is 14.5. The van der Waals surface area contributed by atoms with Gasteiger partial charge in [0.1, 0.15) is 11.3 Å². The molecule has 0 aliphatic carbocycles. The lowest BCUT2D eigenvalue weighted by molar-refractivity contribution is 0.212. The van der Waals surface area contributed by atoms with Crippen molar-refractivity contribution in [2.75, 3.05) is 0 Å². The predicted molar refractivity (Wildman–Crippen MR) is 68.1 cm³/mol. The van der Waals surface area contributed by atoms with E-state index in [0.29, 0.717) is 5.69 Å². The van der Waals surface area contributed by atoms with E-state index in [0.717, 1.165) is 0 Å². The summed E-state index contributed by atoms with van der Waals surface area (Å²) in [6.07, 6.45) is -1.35. The van der Waals surface area contributed by atoms with Crippen LogP contribution in [0.1, 0.15) is 28.5 Å². The average molecular weight is 287 g/mol. The Labute approximate surface area is 114 Å². The number of halogens is 3. The first-order chi connectivity index (χ1) is 8.84. The number of benzene rings is 1. The molecule has 1 aromatic carbocycles. The first kappa shape index (κ1) is 14.0. The minimum atomic E-state index is -1.35. The van der Waals surface area contributed by atoms with Crippen molar-refractivity contribution in [2.24, 2.45) is 7.05 Å². The van der Waals surface area contributed by atoms with Crippen LogP contribution in [0, 0.1) is 25.5 Å². The minimum Gasteiger partial charge on any atom is -0.383 e. The highest BCUT2D eigenvalue weighted by Gasteiger charge is 2.25. The van der Waals surface area contributed by atoms with Crippen molar-refractivity contribution >= 4 is 11.6 Å². The molecule has 1 heterocycles. The fourth-order valence-corrected chi connectivity index (χ4v) is 2.26. The summed E-state index contributed by atoms with van der Waals surface area (Å²) < 4.78 is 28.8. The molecule has 1 N–H and O–H groups in total. The maximum absolute atomic E-state index is 13.9. The molecule has 0 saturated carbocycles. The molecule has 1 unspecified atom stereocenters. The number of aliphatic hydroxyl groups excluding tert-OH is 1. The van der Waals surface area contributed by atoms with Crippen molar-refractivity contribution in [3.63, 3.8) is 0 Å². The zero-order chi connectivity index (χ0) is 14.3. The van der Waals surface area contributed by atoms with Gasteiger partial charge in [0.25, 0.3) is 0 Å². The van der Waals surface area contributed by atoms with Gasteiger partial charge < -0.3 is 5.11 Å². The lowest BCUT2D eigenvalue weighted by Gasteiger charge is -2.13. The van der Waals surface area contributed by atoms with Crippen molar-refractivity contribution in [1.82, 2.24) is 9.78 Å². The van der Waals surface area contributed by atoms with Crippen molar-refractivity contribution in [1.29, 1.82) is 0 Å². The van der Waals surface area contributed by atoms with Crippen LogP contribution in [0.3, 0.4) is 0 Å².